The second-order valence-electron chi connectivity index (χ2n) is 5.61. The van der Waals surface area contributed by atoms with E-state index in [1.54, 1.807) is 6.92 Å². The SMILES string of the molecule is CC1OC(=O)C(c2ccc(F)cc2)=C1c1ccc(CS(=O)[O-])cc1F. The van der Waals surface area contributed by atoms with Crippen molar-refractivity contribution in [1.29, 1.82) is 0 Å². The third kappa shape index (κ3) is 3.52. The number of benzene rings is 2. The van der Waals surface area contributed by atoms with E-state index in [0.717, 1.165) is 6.07 Å². The minimum Gasteiger partial charge on any atom is -0.772 e. The van der Waals surface area contributed by atoms with Crippen LogP contribution in [0.2, 0.25) is 0 Å². The third-order valence-corrected chi connectivity index (χ3v) is 4.47. The lowest BCUT2D eigenvalue weighted by molar-refractivity contribution is -0.136. The molecule has 0 bridgehead atoms. The lowest BCUT2D eigenvalue weighted by atomic mass is 9.92. The summed E-state index contributed by atoms with van der Waals surface area (Å²) in [5.41, 5.74) is 1.40. The van der Waals surface area contributed by atoms with Crippen molar-refractivity contribution in [3.05, 3.63) is 70.8 Å². The van der Waals surface area contributed by atoms with Crippen molar-refractivity contribution in [3.63, 3.8) is 0 Å². The van der Waals surface area contributed by atoms with E-state index in [-0.39, 0.29) is 16.9 Å². The molecule has 0 aliphatic carbocycles. The number of carbonyl (C=O) groups is 1. The molecule has 2 atom stereocenters. The lowest BCUT2D eigenvalue weighted by Gasteiger charge is -2.12. The maximum absolute atomic E-state index is 14.5. The predicted octanol–water partition coefficient (Wildman–Crippen LogP) is 3.20. The number of ether oxygens (including phenoxy) is 1. The first kappa shape index (κ1) is 17.4. The van der Waals surface area contributed by atoms with Gasteiger partial charge in [-0.3, -0.25) is 4.21 Å². The second kappa shape index (κ2) is 6.85. The van der Waals surface area contributed by atoms with Crippen LogP contribution < -0.4 is 0 Å². The van der Waals surface area contributed by atoms with Gasteiger partial charge < -0.3 is 9.29 Å². The van der Waals surface area contributed by atoms with Gasteiger partial charge in [0.25, 0.3) is 0 Å². The van der Waals surface area contributed by atoms with Crippen LogP contribution in [0.1, 0.15) is 23.6 Å². The maximum Gasteiger partial charge on any atom is 0.339 e. The summed E-state index contributed by atoms with van der Waals surface area (Å²) in [6.45, 7) is 1.61. The molecule has 0 aromatic heterocycles. The lowest BCUT2D eigenvalue weighted by Crippen LogP contribution is -2.06. The Morgan fingerprint density at radius 1 is 1.16 bits per heavy atom. The molecule has 0 spiro atoms. The van der Waals surface area contributed by atoms with Crippen molar-refractivity contribution < 1.29 is 27.1 Å². The number of esters is 1. The molecule has 25 heavy (non-hydrogen) atoms. The van der Waals surface area contributed by atoms with Crippen molar-refractivity contribution in [2.24, 2.45) is 0 Å². The Morgan fingerprint density at radius 3 is 2.44 bits per heavy atom. The highest BCUT2D eigenvalue weighted by atomic mass is 32.2. The van der Waals surface area contributed by atoms with Crippen molar-refractivity contribution in [2.75, 3.05) is 0 Å². The molecule has 0 N–H and O–H groups in total. The van der Waals surface area contributed by atoms with E-state index in [1.807, 2.05) is 0 Å². The van der Waals surface area contributed by atoms with Crippen LogP contribution in [0.5, 0.6) is 0 Å². The average molecular weight is 363 g/mol. The zero-order valence-corrected chi connectivity index (χ0v) is 13.9. The molecule has 1 aliphatic rings. The zero-order valence-electron chi connectivity index (χ0n) is 13.1. The van der Waals surface area contributed by atoms with Crippen LogP contribution in [0.25, 0.3) is 11.1 Å². The molecule has 1 aliphatic heterocycles. The average Bonchev–Trinajstić information content (AvgIpc) is 2.82. The molecule has 0 saturated heterocycles. The number of hydrogen-bond donors (Lipinski definition) is 0. The van der Waals surface area contributed by atoms with Gasteiger partial charge in [0.05, 0.1) is 5.57 Å². The Labute approximate surface area is 145 Å². The summed E-state index contributed by atoms with van der Waals surface area (Å²) in [4.78, 5) is 12.2. The maximum atomic E-state index is 14.5. The van der Waals surface area contributed by atoms with Gasteiger partial charge in [0.15, 0.2) is 0 Å². The van der Waals surface area contributed by atoms with Crippen LogP contribution in [-0.2, 0) is 26.4 Å². The molecule has 7 heteroatoms. The number of cyclic esters (lactones) is 1. The van der Waals surface area contributed by atoms with Gasteiger partial charge in [0.1, 0.15) is 17.7 Å². The monoisotopic (exact) mass is 363 g/mol. The summed E-state index contributed by atoms with van der Waals surface area (Å²) in [7, 11) is 0. The Morgan fingerprint density at radius 2 is 1.84 bits per heavy atom. The van der Waals surface area contributed by atoms with E-state index >= 15 is 0 Å². The molecule has 2 aromatic rings. The molecule has 0 amide bonds. The second-order valence-corrected chi connectivity index (χ2v) is 6.50. The van der Waals surface area contributed by atoms with Gasteiger partial charge in [-0.05, 0) is 36.2 Å². The molecule has 2 unspecified atom stereocenters. The van der Waals surface area contributed by atoms with E-state index in [4.69, 9.17) is 4.74 Å². The summed E-state index contributed by atoms with van der Waals surface area (Å²) in [5, 5.41) is 0. The van der Waals surface area contributed by atoms with Gasteiger partial charge in [-0.2, -0.15) is 0 Å². The predicted molar refractivity (Wildman–Crippen MR) is 87.8 cm³/mol. The molecule has 130 valence electrons. The zero-order chi connectivity index (χ0) is 18.1. The Kier molecular flexibility index (Phi) is 4.78. The highest BCUT2D eigenvalue weighted by Crippen LogP contribution is 2.38. The highest BCUT2D eigenvalue weighted by molar-refractivity contribution is 7.78. The van der Waals surface area contributed by atoms with Gasteiger partial charge in [0.2, 0.25) is 0 Å². The fraction of sp³-hybridized carbons (Fsp3) is 0.167. The minimum atomic E-state index is -2.33. The highest BCUT2D eigenvalue weighted by Gasteiger charge is 2.34. The minimum absolute atomic E-state index is 0.151. The summed E-state index contributed by atoms with van der Waals surface area (Å²) in [6, 6.07) is 9.30. The van der Waals surface area contributed by atoms with Gasteiger partial charge in [-0.1, -0.05) is 35.3 Å². The third-order valence-electron chi connectivity index (χ3n) is 3.90. The number of rotatable bonds is 4. The summed E-state index contributed by atoms with van der Waals surface area (Å²) in [6.07, 6.45) is -0.679. The van der Waals surface area contributed by atoms with E-state index in [9.17, 15) is 22.3 Å². The summed E-state index contributed by atoms with van der Waals surface area (Å²) < 4.78 is 54.4. The molecule has 1 heterocycles. The van der Waals surface area contributed by atoms with Gasteiger partial charge in [-0.15, -0.1) is 0 Å². The number of halogens is 2. The van der Waals surface area contributed by atoms with Crippen LogP contribution in [0.3, 0.4) is 0 Å². The largest absolute Gasteiger partial charge is 0.772 e. The van der Waals surface area contributed by atoms with E-state index in [2.05, 4.69) is 0 Å². The van der Waals surface area contributed by atoms with Crippen LogP contribution in [-0.4, -0.2) is 20.8 Å². The topological polar surface area (TPSA) is 66.4 Å². The quantitative estimate of drug-likeness (QED) is 0.618. The van der Waals surface area contributed by atoms with E-state index < -0.39 is 34.8 Å². The van der Waals surface area contributed by atoms with Crippen molar-refractivity contribution >= 4 is 28.2 Å². The molecule has 0 radical (unpaired) electrons. The first-order valence-electron chi connectivity index (χ1n) is 7.42. The fourth-order valence-electron chi connectivity index (χ4n) is 2.84. The first-order valence-corrected chi connectivity index (χ1v) is 8.67. The molecule has 4 nitrogen and oxygen atoms in total. The molecule has 0 fully saturated rings. The number of carbonyl (C=O) groups excluding carboxylic acids is 1. The Hall–Kier alpha value is -2.38. The Bertz CT molecular complexity index is 890. The van der Waals surface area contributed by atoms with Crippen molar-refractivity contribution in [3.8, 4) is 0 Å². The van der Waals surface area contributed by atoms with E-state index in [0.29, 0.717) is 16.7 Å². The first-order chi connectivity index (χ1) is 11.9. The molecule has 0 saturated carbocycles. The van der Waals surface area contributed by atoms with Crippen LogP contribution in [0.4, 0.5) is 8.78 Å². The molecule has 3 rings (SSSR count). The van der Waals surface area contributed by atoms with Gasteiger partial charge in [0, 0.05) is 16.9 Å². The van der Waals surface area contributed by atoms with Crippen LogP contribution in [0.15, 0.2) is 42.5 Å². The summed E-state index contributed by atoms with van der Waals surface area (Å²) >= 11 is -2.33. The van der Waals surface area contributed by atoms with Gasteiger partial charge in [-0.25, -0.2) is 13.6 Å². The molecular formula is C18H13F2O4S-. The van der Waals surface area contributed by atoms with Crippen molar-refractivity contribution in [2.45, 2.75) is 18.8 Å². The molecular weight excluding hydrogens is 350 g/mol. The normalized spacial score (nSPS) is 18.4. The fourth-order valence-corrected chi connectivity index (χ4v) is 3.29. The van der Waals surface area contributed by atoms with Crippen molar-refractivity contribution in [1.82, 2.24) is 0 Å². The summed E-state index contributed by atoms with van der Waals surface area (Å²) in [5.74, 6) is -2.01. The number of hydrogen-bond acceptors (Lipinski definition) is 4. The van der Waals surface area contributed by atoms with E-state index in [1.165, 1.54) is 36.4 Å². The van der Waals surface area contributed by atoms with Crippen LogP contribution in [0, 0.1) is 11.6 Å². The standard InChI is InChI=1S/C18H14F2O4S/c1-10-16(14-7-2-11(8-15(14)20)9-25(22)23)17(18(21)24-10)12-3-5-13(19)6-4-12/h2-8,10H,9H2,1H3,(H,22,23)/p-1. The molecule has 2 aromatic carbocycles. The van der Waals surface area contributed by atoms with Gasteiger partial charge >= 0.3 is 5.97 Å². The Balaban J connectivity index is 2.12. The van der Waals surface area contributed by atoms with Crippen LogP contribution >= 0.6 is 0 Å². The smallest absolute Gasteiger partial charge is 0.339 e.